The first-order valence-corrected chi connectivity index (χ1v) is 7.45. The average Bonchev–Trinajstić information content (AvgIpc) is 2.95. The quantitative estimate of drug-likeness (QED) is 0.660. The van der Waals surface area contributed by atoms with Gasteiger partial charge in [0, 0.05) is 19.6 Å². The van der Waals surface area contributed by atoms with Crippen LogP contribution in [0.1, 0.15) is 29.6 Å². The summed E-state index contributed by atoms with van der Waals surface area (Å²) in [7, 11) is 0. The van der Waals surface area contributed by atoms with Gasteiger partial charge in [-0.05, 0) is 43.4 Å². The molecule has 23 heavy (non-hydrogen) atoms. The predicted molar refractivity (Wildman–Crippen MR) is 85.4 cm³/mol. The summed E-state index contributed by atoms with van der Waals surface area (Å²) in [5.74, 6) is -1.09. The van der Waals surface area contributed by atoms with Gasteiger partial charge in [0.1, 0.15) is 11.4 Å². The molecule has 1 aromatic rings. The summed E-state index contributed by atoms with van der Waals surface area (Å²) < 4.78 is 13.2. The number of nitrogens with one attached hydrogen (secondary N) is 1. The van der Waals surface area contributed by atoms with E-state index in [1.807, 2.05) is 0 Å². The van der Waals surface area contributed by atoms with Gasteiger partial charge >= 0.3 is 0 Å². The maximum absolute atomic E-state index is 13.2. The van der Waals surface area contributed by atoms with Crippen LogP contribution >= 0.6 is 12.4 Å². The van der Waals surface area contributed by atoms with Crippen LogP contribution in [-0.4, -0.2) is 41.9 Å². The Morgan fingerprint density at radius 3 is 2.57 bits per heavy atom. The number of nitro benzene ring substituents is 1. The van der Waals surface area contributed by atoms with Crippen LogP contribution in [0.5, 0.6) is 0 Å². The number of likely N-dealkylation sites (tertiary alicyclic amines) is 1. The first-order valence-electron chi connectivity index (χ1n) is 7.45. The second-order valence-electron chi connectivity index (χ2n) is 6.14. The molecule has 2 aliphatic rings. The van der Waals surface area contributed by atoms with Crippen molar-refractivity contribution in [3.05, 3.63) is 39.7 Å². The van der Waals surface area contributed by atoms with E-state index in [4.69, 9.17) is 0 Å². The summed E-state index contributed by atoms with van der Waals surface area (Å²) in [6, 6.07) is 3.10. The van der Waals surface area contributed by atoms with Crippen molar-refractivity contribution in [2.75, 3.05) is 26.2 Å². The first-order chi connectivity index (χ1) is 10.5. The van der Waals surface area contributed by atoms with Crippen LogP contribution < -0.4 is 5.32 Å². The zero-order valence-corrected chi connectivity index (χ0v) is 13.4. The Hall–Kier alpha value is -1.73. The smallest absolute Gasteiger partial charge is 0.285 e. The maximum atomic E-state index is 13.2. The normalized spacial score (nSPS) is 19.4. The Bertz CT molecular complexity index is 610. The van der Waals surface area contributed by atoms with Crippen LogP contribution in [0.3, 0.4) is 0 Å². The van der Waals surface area contributed by atoms with Crippen molar-refractivity contribution in [3.8, 4) is 0 Å². The molecule has 1 aromatic carbocycles. The Balaban J connectivity index is 0.00000192. The molecular weight excluding hydrogens is 325 g/mol. The minimum absolute atomic E-state index is 0. The van der Waals surface area contributed by atoms with Crippen LogP contribution in [0, 0.1) is 21.3 Å². The van der Waals surface area contributed by atoms with Crippen molar-refractivity contribution in [2.24, 2.45) is 5.41 Å². The highest BCUT2D eigenvalue weighted by molar-refractivity contribution is 5.98. The number of piperidine rings is 1. The lowest BCUT2D eigenvalue weighted by atomic mass is 9.78. The van der Waals surface area contributed by atoms with Gasteiger partial charge in [-0.15, -0.1) is 12.4 Å². The van der Waals surface area contributed by atoms with E-state index < -0.39 is 16.4 Å². The van der Waals surface area contributed by atoms with E-state index in [-0.39, 0.29) is 29.3 Å². The van der Waals surface area contributed by atoms with E-state index in [2.05, 4.69) is 5.32 Å². The molecule has 0 aromatic heterocycles. The molecule has 0 aliphatic carbocycles. The molecule has 0 unspecified atom stereocenters. The molecular formula is C15H19ClFN3O3. The van der Waals surface area contributed by atoms with Crippen molar-refractivity contribution in [3.63, 3.8) is 0 Å². The Morgan fingerprint density at radius 2 is 2.00 bits per heavy atom. The van der Waals surface area contributed by atoms with E-state index in [0.29, 0.717) is 13.1 Å². The minimum Gasteiger partial charge on any atom is -0.338 e. The number of carbonyl (C=O) groups excluding carboxylic acids is 1. The molecule has 0 bridgehead atoms. The maximum Gasteiger partial charge on any atom is 0.285 e. The minimum atomic E-state index is -0.710. The molecule has 2 saturated heterocycles. The van der Waals surface area contributed by atoms with Gasteiger partial charge in [0.15, 0.2) is 0 Å². The lowest BCUT2D eigenvalue weighted by molar-refractivity contribution is -0.385. The van der Waals surface area contributed by atoms with Crippen LogP contribution in [0.15, 0.2) is 18.2 Å². The number of amides is 1. The highest BCUT2D eigenvalue weighted by atomic mass is 35.5. The largest absolute Gasteiger partial charge is 0.338 e. The van der Waals surface area contributed by atoms with Gasteiger partial charge in [0.05, 0.1) is 11.0 Å². The Kier molecular flexibility index (Phi) is 5.21. The molecule has 1 spiro atoms. The summed E-state index contributed by atoms with van der Waals surface area (Å²) in [6.07, 6.45) is 2.92. The third kappa shape index (κ3) is 3.45. The third-order valence-electron chi connectivity index (χ3n) is 4.83. The Morgan fingerprint density at radius 1 is 1.30 bits per heavy atom. The molecule has 2 aliphatic heterocycles. The highest BCUT2D eigenvalue weighted by Crippen LogP contribution is 2.37. The summed E-state index contributed by atoms with van der Waals surface area (Å²) in [6.45, 7) is 3.17. The third-order valence-corrected chi connectivity index (χ3v) is 4.83. The molecule has 1 amide bonds. The first kappa shape index (κ1) is 17.6. The standard InChI is InChI=1S/C15H18FN3O3.ClH/c16-11-1-2-12(13(9-11)19(21)22)14(20)18-7-4-15(5-8-18)3-6-17-10-15;/h1-2,9,17H,3-8,10H2;1H. The van der Waals surface area contributed by atoms with Gasteiger partial charge in [-0.25, -0.2) is 4.39 Å². The number of hydrogen-bond donors (Lipinski definition) is 1. The second-order valence-corrected chi connectivity index (χ2v) is 6.14. The average molecular weight is 344 g/mol. The SMILES string of the molecule is Cl.O=C(c1ccc(F)cc1[N+](=O)[O-])N1CCC2(CCNC2)CC1. The van der Waals surface area contributed by atoms with Gasteiger partial charge in [0.25, 0.3) is 11.6 Å². The summed E-state index contributed by atoms with van der Waals surface area (Å²) in [4.78, 5) is 24.5. The molecule has 2 fully saturated rings. The number of nitro groups is 1. The monoisotopic (exact) mass is 343 g/mol. The lowest BCUT2D eigenvalue weighted by Gasteiger charge is -2.38. The number of benzene rings is 1. The molecule has 0 radical (unpaired) electrons. The number of carbonyl (C=O) groups is 1. The van der Waals surface area contributed by atoms with Crippen molar-refractivity contribution < 1.29 is 14.1 Å². The van der Waals surface area contributed by atoms with Gasteiger partial charge < -0.3 is 10.2 Å². The Labute approximate surface area is 139 Å². The van der Waals surface area contributed by atoms with Crippen LogP contribution in [-0.2, 0) is 0 Å². The zero-order valence-electron chi connectivity index (χ0n) is 12.6. The van der Waals surface area contributed by atoms with Crippen LogP contribution in [0.2, 0.25) is 0 Å². The molecule has 8 heteroatoms. The van der Waals surface area contributed by atoms with Crippen molar-refractivity contribution in [2.45, 2.75) is 19.3 Å². The molecule has 1 N–H and O–H groups in total. The number of hydrogen-bond acceptors (Lipinski definition) is 4. The van der Waals surface area contributed by atoms with E-state index in [1.54, 1.807) is 4.90 Å². The van der Waals surface area contributed by atoms with Crippen molar-refractivity contribution in [1.29, 1.82) is 0 Å². The van der Waals surface area contributed by atoms with E-state index in [0.717, 1.165) is 44.5 Å². The van der Waals surface area contributed by atoms with E-state index in [1.165, 1.54) is 6.07 Å². The van der Waals surface area contributed by atoms with Crippen LogP contribution in [0.25, 0.3) is 0 Å². The zero-order chi connectivity index (χ0) is 15.7. The highest BCUT2D eigenvalue weighted by Gasteiger charge is 2.39. The van der Waals surface area contributed by atoms with Crippen molar-refractivity contribution >= 4 is 24.0 Å². The molecule has 3 rings (SSSR count). The van der Waals surface area contributed by atoms with E-state index in [9.17, 15) is 19.3 Å². The predicted octanol–water partition coefficient (Wildman–Crippen LogP) is 2.37. The summed E-state index contributed by atoms with van der Waals surface area (Å²) >= 11 is 0. The number of nitrogens with zero attached hydrogens (tertiary/aromatic N) is 2. The van der Waals surface area contributed by atoms with Gasteiger partial charge in [-0.1, -0.05) is 0 Å². The van der Waals surface area contributed by atoms with Gasteiger partial charge in [0.2, 0.25) is 0 Å². The fraction of sp³-hybridized carbons (Fsp3) is 0.533. The molecule has 6 nitrogen and oxygen atoms in total. The van der Waals surface area contributed by atoms with Crippen LogP contribution in [0.4, 0.5) is 10.1 Å². The number of halogens is 2. The second kappa shape index (κ2) is 6.80. The lowest BCUT2D eigenvalue weighted by Crippen LogP contribution is -2.44. The fourth-order valence-electron chi connectivity index (χ4n) is 3.41. The molecule has 0 saturated carbocycles. The topological polar surface area (TPSA) is 75.5 Å². The molecule has 0 atom stereocenters. The van der Waals surface area contributed by atoms with Crippen molar-refractivity contribution in [1.82, 2.24) is 10.2 Å². The number of rotatable bonds is 2. The summed E-state index contributed by atoms with van der Waals surface area (Å²) in [5, 5.41) is 14.4. The fourth-order valence-corrected chi connectivity index (χ4v) is 3.41. The summed E-state index contributed by atoms with van der Waals surface area (Å²) in [5.41, 5.74) is -0.231. The molecule has 2 heterocycles. The van der Waals surface area contributed by atoms with Gasteiger partial charge in [-0.2, -0.15) is 0 Å². The molecule has 126 valence electrons. The van der Waals surface area contributed by atoms with E-state index >= 15 is 0 Å². The van der Waals surface area contributed by atoms with Gasteiger partial charge in [-0.3, -0.25) is 14.9 Å².